The summed E-state index contributed by atoms with van der Waals surface area (Å²) in [4.78, 5) is 13.7. The van der Waals surface area contributed by atoms with E-state index in [1.165, 1.54) is 24.1 Å². The van der Waals surface area contributed by atoms with Crippen LogP contribution in [0.2, 0.25) is 0 Å². The Bertz CT molecular complexity index is 424. The number of rotatable bonds is 6. The van der Waals surface area contributed by atoms with Crippen molar-refractivity contribution >= 4 is 17.2 Å². The van der Waals surface area contributed by atoms with E-state index in [0.29, 0.717) is 12.0 Å². The van der Waals surface area contributed by atoms with Gasteiger partial charge in [-0.2, -0.15) is 0 Å². The lowest BCUT2D eigenvalue weighted by atomic mass is 9.95. The van der Waals surface area contributed by atoms with E-state index in [0.717, 1.165) is 12.8 Å². The van der Waals surface area contributed by atoms with Gasteiger partial charge in [-0.1, -0.05) is 39.2 Å². The highest BCUT2D eigenvalue weighted by atomic mass is 32.1. The molecule has 0 spiro atoms. The third kappa shape index (κ3) is 4.82. The molecule has 1 saturated carbocycles. The third-order valence-corrected chi connectivity index (χ3v) is 5.25. The summed E-state index contributed by atoms with van der Waals surface area (Å²) in [7, 11) is 0. The van der Waals surface area contributed by atoms with Crippen LogP contribution < -0.4 is 10.6 Å². The van der Waals surface area contributed by atoms with Crippen molar-refractivity contribution in [3.8, 4) is 0 Å². The molecule has 2 rings (SSSR count). The van der Waals surface area contributed by atoms with Crippen molar-refractivity contribution in [2.45, 2.75) is 71.0 Å². The Balaban J connectivity index is 1.88. The van der Waals surface area contributed by atoms with Gasteiger partial charge in [-0.05, 0) is 37.1 Å². The number of carbonyl (C=O) groups excluding carboxylic acids is 1. The predicted octanol–water partition coefficient (Wildman–Crippen LogP) is 3.87. The summed E-state index contributed by atoms with van der Waals surface area (Å²) in [6, 6.07) is 4.70. The lowest BCUT2D eigenvalue weighted by molar-refractivity contribution is -0.124. The lowest BCUT2D eigenvalue weighted by Gasteiger charge is -2.28. The summed E-state index contributed by atoms with van der Waals surface area (Å²) in [5, 5.41) is 8.81. The molecule has 1 aliphatic rings. The first-order chi connectivity index (χ1) is 10.1. The van der Waals surface area contributed by atoms with Crippen LogP contribution in [0, 0.1) is 5.92 Å². The molecule has 118 valence electrons. The average molecular weight is 308 g/mol. The second kappa shape index (κ2) is 7.95. The summed E-state index contributed by atoms with van der Waals surface area (Å²) < 4.78 is 0. The minimum atomic E-state index is -0.151. The number of carbonyl (C=O) groups is 1. The van der Waals surface area contributed by atoms with Crippen LogP contribution in [0.3, 0.4) is 0 Å². The number of hydrogen-bond acceptors (Lipinski definition) is 3. The van der Waals surface area contributed by atoms with E-state index in [1.54, 1.807) is 11.3 Å². The molecule has 0 radical (unpaired) electrons. The molecule has 0 bridgehead atoms. The minimum absolute atomic E-state index is 0.143. The van der Waals surface area contributed by atoms with E-state index in [4.69, 9.17) is 0 Å². The monoisotopic (exact) mass is 308 g/mol. The van der Waals surface area contributed by atoms with E-state index >= 15 is 0 Å². The Kier molecular flexibility index (Phi) is 6.24. The van der Waals surface area contributed by atoms with Crippen molar-refractivity contribution in [3.63, 3.8) is 0 Å². The van der Waals surface area contributed by atoms with Gasteiger partial charge in [0, 0.05) is 17.0 Å². The zero-order chi connectivity index (χ0) is 15.2. The van der Waals surface area contributed by atoms with Crippen LogP contribution in [0.15, 0.2) is 17.5 Å². The zero-order valence-electron chi connectivity index (χ0n) is 13.4. The smallest absolute Gasteiger partial charge is 0.237 e. The normalized spacial score (nSPS) is 19.4. The Labute approximate surface area is 132 Å². The molecule has 1 aromatic rings. The maximum absolute atomic E-state index is 12.4. The molecule has 0 aliphatic heterocycles. The molecule has 21 heavy (non-hydrogen) atoms. The van der Waals surface area contributed by atoms with Crippen molar-refractivity contribution < 1.29 is 4.79 Å². The van der Waals surface area contributed by atoms with E-state index in [-0.39, 0.29) is 18.0 Å². The SMILES string of the molecule is CC(NC(c1cccs1)C(C)C)C(=O)NC1CCCCC1. The quantitative estimate of drug-likeness (QED) is 0.837. The Morgan fingerprint density at radius 1 is 1.24 bits per heavy atom. The van der Waals surface area contributed by atoms with Gasteiger partial charge in [0.05, 0.1) is 6.04 Å². The van der Waals surface area contributed by atoms with Gasteiger partial charge in [-0.3, -0.25) is 10.1 Å². The van der Waals surface area contributed by atoms with Gasteiger partial charge in [-0.25, -0.2) is 0 Å². The fraction of sp³-hybridized carbons (Fsp3) is 0.706. The highest BCUT2D eigenvalue weighted by molar-refractivity contribution is 7.10. The molecule has 2 unspecified atom stereocenters. The van der Waals surface area contributed by atoms with Crippen molar-refractivity contribution in [1.29, 1.82) is 0 Å². The van der Waals surface area contributed by atoms with Crippen LogP contribution >= 0.6 is 11.3 Å². The average Bonchev–Trinajstić information content (AvgIpc) is 2.99. The Morgan fingerprint density at radius 2 is 1.95 bits per heavy atom. The lowest BCUT2D eigenvalue weighted by Crippen LogP contribution is -2.48. The van der Waals surface area contributed by atoms with Gasteiger partial charge in [0.1, 0.15) is 0 Å². The van der Waals surface area contributed by atoms with Crippen LogP contribution in [-0.4, -0.2) is 18.0 Å². The van der Waals surface area contributed by atoms with Gasteiger partial charge >= 0.3 is 0 Å². The number of hydrogen-bond donors (Lipinski definition) is 2. The Hall–Kier alpha value is -0.870. The van der Waals surface area contributed by atoms with E-state index in [1.807, 2.05) is 6.92 Å². The van der Waals surface area contributed by atoms with Crippen LogP contribution in [0.4, 0.5) is 0 Å². The minimum Gasteiger partial charge on any atom is -0.352 e. The second-order valence-electron chi connectivity index (χ2n) is 6.47. The first kappa shape index (κ1) is 16.5. The van der Waals surface area contributed by atoms with E-state index in [9.17, 15) is 4.79 Å². The fourth-order valence-electron chi connectivity index (χ4n) is 2.99. The number of thiophene rings is 1. The number of amides is 1. The van der Waals surface area contributed by atoms with Gasteiger partial charge in [0.25, 0.3) is 0 Å². The molecule has 1 heterocycles. The molecule has 2 N–H and O–H groups in total. The molecular formula is C17H28N2OS. The summed E-state index contributed by atoms with van der Waals surface area (Å²) in [5.74, 6) is 0.609. The molecule has 3 nitrogen and oxygen atoms in total. The van der Waals surface area contributed by atoms with Gasteiger partial charge in [-0.15, -0.1) is 11.3 Å². The summed E-state index contributed by atoms with van der Waals surface area (Å²) in [6.07, 6.45) is 6.08. The van der Waals surface area contributed by atoms with Crippen molar-refractivity contribution in [1.82, 2.24) is 10.6 Å². The molecule has 4 heteroatoms. The molecule has 1 aromatic heterocycles. The summed E-state index contributed by atoms with van der Waals surface area (Å²) in [5.41, 5.74) is 0. The zero-order valence-corrected chi connectivity index (χ0v) is 14.2. The van der Waals surface area contributed by atoms with Crippen LogP contribution in [-0.2, 0) is 4.79 Å². The molecule has 1 aliphatic carbocycles. The van der Waals surface area contributed by atoms with Crippen molar-refractivity contribution in [2.24, 2.45) is 5.92 Å². The maximum atomic E-state index is 12.4. The third-order valence-electron chi connectivity index (χ3n) is 4.29. The van der Waals surface area contributed by atoms with E-state index < -0.39 is 0 Å². The predicted molar refractivity (Wildman–Crippen MR) is 89.5 cm³/mol. The molecule has 2 atom stereocenters. The number of nitrogens with one attached hydrogen (secondary N) is 2. The molecule has 0 saturated heterocycles. The summed E-state index contributed by atoms with van der Waals surface area (Å²) in [6.45, 7) is 6.37. The van der Waals surface area contributed by atoms with Gasteiger partial charge in [0.15, 0.2) is 0 Å². The fourth-order valence-corrected chi connectivity index (χ4v) is 3.95. The van der Waals surface area contributed by atoms with Crippen LogP contribution in [0.25, 0.3) is 0 Å². The first-order valence-electron chi connectivity index (χ1n) is 8.17. The standard InChI is InChI=1S/C17H28N2OS/c1-12(2)16(15-10-7-11-21-15)18-13(3)17(20)19-14-8-5-4-6-9-14/h7,10-14,16,18H,4-6,8-9H2,1-3H3,(H,19,20). The highest BCUT2D eigenvalue weighted by Gasteiger charge is 2.24. The first-order valence-corrected chi connectivity index (χ1v) is 9.05. The van der Waals surface area contributed by atoms with E-state index in [2.05, 4.69) is 42.0 Å². The second-order valence-corrected chi connectivity index (χ2v) is 7.45. The molecule has 0 aromatic carbocycles. The molecule has 1 fully saturated rings. The highest BCUT2D eigenvalue weighted by Crippen LogP contribution is 2.26. The van der Waals surface area contributed by atoms with Gasteiger partial charge in [0.2, 0.25) is 5.91 Å². The molecule has 1 amide bonds. The Morgan fingerprint density at radius 3 is 2.52 bits per heavy atom. The van der Waals surface area contributed by atoms with Crippen LogP contribution in [0.5, 0.6) is 0 Å². The maximum Gasteiger partial charge on any atom is 0.237 e. The van der Waals surface area contributed by atoms with Crippen molar-refractivity contribution in [2.75, 3.05) is 0 Å². The van der Waals surface area contributed by atoms with Crippen molar-refractivity contribution in [3.05, 3.63) is 22.4 Å². The molecular weight excluding hydrogens is 280 g/mol. The van der Waals surface area contributed by atoms with Gasteiger partial charge < -0.3 is 5.32 Å². The van der Waals surface area contributed by atoms with Crippen LogP contribution in [0.1, 0.15) is 63.8 Å². The largest absolute Gasteiger partial charge is 0.352 e. The summed E-state index contributed by atoms with van der Waals surface area (Å²) >= 11 is 1.75. The topological polar surface area (TPSA) is 41.1 Å².